The fourth-order valence-corrected chi connectivity index (χ4v) is 1.82. The van der Waals surface area contributed by atoms with Crippen molar-refractivity contribution in [3.05, 3.63) is 29.8 Å². The summed E-state index contributed by atoms with van der Waals surface area (Å²) in [6.07, 6.45) is 1.99. The Morgan fingerprint density at radius 1 is 1.23 bits per heavy atom. The molecule has 0 saturated carbocycles. The standard InChI is InChI=1S/C15H23N3O3.ClH/c1-21-11-5-4-8-14(19)18-13-7-3-2-6-12(13)15(20)17-10-9-16;/h2-3,6-7H,4-5,8-11,16H2,1H3,(H,17,20)(H,18,19);1H. The van der Waals surface area contributed by atoms with Crippen molar-refractivity contribution in [2.24, 2.45) is 5.73 Å². The van der Waals surface area contributed by atoms with Crippen molar-refractivity contribution in [2.75, 3.05) is 32.1 Å². The van der Waals surface area contributed by atoms with E-state index >= 15 is 0 Å². The molecule has 0 atom stereocenters. The number of benzene rings is 1. The van der Waals surface area contributed by atoms with E-state index in [1.54, 1.807) is 31.4 Å². The molecule has 6 nitrogen and oxygen atoms in total. The van der Waals surface area contributed by atoms with Gasteiger partial charge in [-0.05, 0) is 25.0 Å². The number of hydrogen-bond acceptors (Lipinski definition) is 4. The van der Waals surface area contributed by atoms with E-state index < -0.39 is 0 Å². The molecule has 1 rings (SSSR count). The molecule has 0 heterocycles. The van der Waals surface area contributed by atoms with Crippen LogP contribution in [0.4, 0.5) is 5.69 Å². The molecule has 22 heavy (non-hydrogen) atoms. The molecule has 124 valence electrons. The van der Waals surface area contributed by atoms with Crippen molar-refractivity contribution < 1.29 is 14.3 Å². The van der Waals surface area contributed by atoms with Crippen molar-refractivity contribution >= 4 is 29.9 Å². The first kappa shape index (κ1) is 20.4. The number of anilines is 1. The lowest BCUT2D eigenvalue weighted by molar-refractivity contribution is -0.116. The summed E-state index contributed by atoms with van der Waals surface area (Å²) >= 11 is 0. The molecule has 0 fully saturated rings. The second-order valence-corrected chi connectivity index (χ2v) is 4.59. The van der Waals surface area contributed by atoms with Crippen molar-refractivity contribution in [1.82, 2.24) is 5.32 Å². The number of rotatable bonds is 9. The molecule has 0 bridgehead atoms. The zero-order valence-corrected chi connectivity index (χ0v) is 13.6. The first-order valence-corrected chi connectivity index (χ1v) is 7.05. The van der Waals surface area contributed by atoms with Gasteiger partial charge in [0.2, 0.25) is 5.91 Å². The summed E-state index contributed by atoms with van der Waals surface area (Å²) in [5.74, 6) is -0.346. The zero-order chi connectivity index (χ0) is 15.5. The van der Waals surface area contributed by atoms with Gasteiger partial charge >= 0.3 is 0 Å². The Bertz CT molecular complexity index is 469. The van der Waals surface area contributed by atoms with E-state index in [0.717, 1.165) is 12.8 Å². The van der Waals surface area contributed by atoms with E-state index in [1.807, 2.05) is 0 Å². The van der Waals surface area contributed by atoms with Crippen LogP contribution in [0.2, 0.25) is 0 Å². The molecule has 0 aliphatic rings. The molecule has 7 heteroatoms. The lowest BCUT2D eigenvalue weighted by atomic mass is 10.1. The van der Waals surface area contributed by atoms with Gasteiger partial charge in [-0.2, -0.15) is 0 Å². The van der Waals surface area contributed by atoms with E-state index in [0.29, 0.717) is 37.4 Å². The summed E-state index contributed by atoms with van der Waals surface area (Å²) in [6.45, 7) is 1.42. The molecule has 1 aromatic rings. The Labute approximate surface area is 137 Å². The number of carbonyl (C=O) groups excluding carboxylic acids is 2. The second kappa shape index (κ2) is 12.0. The average Bonchev–Trinajstić information content (AvgIpc) is 2.50. The largest absolute Gasteiger partial charge is 0.385 e. The van der Waals surface area contributed by atoms with Gasteiger partial charge in [-0.1, -0.05) is 12.1 Å². The van der Waals surface area contributed by atoms with Gasteiger partial charge in [0, 0.05) is 33.2 Å². The smallest absolute Gasteiger partial charge is 0.253 e. The quantitative estimate of drug-likeness (QED) is 0.599. The molecule has 0 unspecified atom stereocenters. The first-order chi connectivity index (χ1) is 10.2. The number of nitrogens with two attached hydrogens (primary N) is 1. The molecule has 0 saturated heterocycles. The van der Waals surface area contributed by atoms with Gasteiger partial charge in [0.05, 0.1) is 11.3 Å². The van der Waals surface area contributed by atoms with Crippen LogP contribution in [0.1, 0.15) is 29.6 Å². The van der Waals surface area contributed by atoms with Crippen LogP contribution >= 0.6 is 12.4 Å². The van der Waals surface area contributed by atoms with Crippen LogP contribution in [0.3, 0.4) is 0 Å². The van der Waals surface area contributed by atoms with Gasteiger partial charge in [0.15, 0.2) is 0 Å². The van der Waals surface area contributed by atoms with Gasteiger partial charge < -0.3 is 21.1 Å². The fraction of sp³-hybridized carbons (Fsp3) is 0.467. The molecule has 0 aliphatic carbocycles. The summed E-state index contributed by atoms with van der Waals surface area (Å²) in [4.78, 5) is 23.8. The molecular weight excluding hydrogens is 306 g/mol. The number of nitrogens with one attached hydrogen (secondary N) is 2. The summed E-state index contributed by atoms with van der Waals surface area (Å²) in [5.41, 5.74) is 6.32. The minimum absolute atomic E-state index is 0. The molecule has 0 aromatic heterocycles. The number of halogens is 1. The van der Waals surface area contributed by atoms with Crippen molar-refractivity contribution in [1.29, 1.82) is 0 Å². The Morgan fingerprint density at radius 2 is 1.95 bits per heavy atom. The van der Waals surface area contributed by atoms with Crippen LogP contribution < -0.4 is 16.4 Å². The minimum atomic E-state index is -0.240. The highest BCUT2D eigenvalue weighted by atomic mass is 35.5. The highest BCUT2D eigenvalue weighted by Gasteiger charge is 2.12. The zero-order valence-electron chi connectivity index (χ0n) is 12.8. The maximum Gasteiger partial charge on any atom is 0.253 e. The van der Waals surface area contributed by atoms with E-state index in [-0.39, 0.29) is 24.2 Å². The average molecular weight is 330 g/mol. The predicted octanol–water partition coefficient (Wildman–Crippen LogP) is 1.55. The van der Waals surface area contributed by atoms with Gasteiger partial charge in [-0.25, -0.2) is 0 Å². The Morgan fingerprint density at radius 3 is 2.64 bits per heavy atom. The highest BCUT2D eigenvalue weighted by molar-refractivity contribution is 6.03. The number of methoxy groups -OCH3 is 1. The van der Waals surface area contributed by atoms with Crippen LogP contribution in [-0.4, -0.2) is 38.6 Å². The third kappa shape index (κ3) is 7.40. The second-order valence-electron chi connectivity index (χ2n) is 4.59. The van der Waals surface area contributed by atoms with Crippen LogP contribution in [0.15, 0.2) is 24.3 Å². The van der Waals surface area contributed by atoms with E-state index in [4.69, 9.17) is 10.5 Å². The van der Waals surface area contributed by atoms with Gasteiger partial charge in [-0.3, -0.25) is 9.59 Å². The van der Waals surface area contributed by atoms with Crippen LogP contribution in [0.5, 0.6) is 0 Å². The third-order valence-electron chi connectivity index (χ3n) is 2.88. The summed E-state index contributed by atoms with van der Waals surface area (Å²) < 4.78 is 4.94. The number of para-hydroxylation sites is 1. The van der Waals surface area contributed by atoms with Crippen LogP contribution in [0.25, 0.3) is 0 Å². The number of unbranched alkanes of at least 4 members (excludes halogenated alkanes) is 1. The van der Waals surface area contributed by atoms with Crippen molar-refractivity contribution in [3.63, 3.8) is 0 Å². The summed E-state index contributed by atoms with van der Waals surface area (Å²) in [7, 11) is 1.64. The number of ether oxygens (including phenoxy) is 1. The monoisotopic (exact) mass is 329 g/mol. The topological polar surface area (TPSA) is 93.4 Å². The Balaban J connectivity index is 0.00000441. The van der Waals surface area contributed by atoms with E-state index in [9.17, 15) is 9.59 Å². The number of amides is 2. The maximum absolute atomic E-state index is 12.0. The predicted molar refractivity (Wildman–Crippen MR) is 89.4 cm³/mol. The molecular formula is C15H24ClN3O3. The van der Waals surface area contributed by atoms with Crippen LogP contribution in [0, 0.1) is 0 Å². The van der Waals surface area contributed by atoms with E-state index in [1.165, 1.54) is 0 Å². The number of hydrogen-bond donors (Lipinski definition) is 3. The lowest BCUT2D eigenvalue weighted by Crippen LogP contribution is -2.29. The first-order valence-electron chi connectivity index (χ1n) is 7.05. The molecule has 1 aromatic carbocycles. The van der Waals surface area contributed by atoms with Gasteiger partial charge in [-0.15, -0.1) is 12.4 Å². The summed E-state index contributed by atoms with van der Waals surface area (Å²) in [5, 5.41) is 5.46. The van der Waals surface area contributed by atoms with Gasteiger partial charge in [0.1, 0.15) is 0 Å². The highest BCUT2D eigenvalue weighted by Crippen LogP contribution is 2.15. The third-order valence-corrected chi connectivity index (χ3v) is 2.88. The SMILES string of the molecule is COCCCCC(=O)Nc1ccccc1C(=O)NCCN.Cl. The van der Waals surface area contributed by atoms with Crippen molar-refractivity contribution in [2.45, 2.75) is 19.3 Å². The molecule has 2 amide bonds. The molecule has 0 radical (unpaired) electrons. The number of carbonyl (C=O) groups is 2. The van der Waals surface area contributed by atoms with Crippen molar-refractivity contribution in [3.8, 4) is 0 Å². The molecule has 0 spiro atoms. The molecule has 0 aliphatic heterocycles. The normalized spacial score (nSPS) is 9.73. The van der Waals surface area contributed by atoms with Crippen LogP contribution in [-0.2, 0) is 9.53 Å². The van der Waals surface area contributed by atoms with Gasteiger partial charge in [0.25, 0.3) is 5.91 Å². The van der Waals surface area contributed by atoms with E-state index in [2.05, 4.69) is 10.6 Å². The lowest BCUT2D eigenvalue weighted by Gasteiger charge is -2.11. The maximum atomic E-state index is 12.0. The Kier molecular flexibility index (Phi) is 11.1. The molecule has 4 N–H and O–H groups in total. The fourth-order valence-electron chi connectivity index (χ4n) is 1.82. The Hall–Kier alpha value is -1.63. The minimum Gasteiger partial charge on any atom is -0.385 e. The summed E-state index contributed by atoms with van der Waals surface area (Å²) in [6, 6.07) is 6.92.